The minimum Gasteiger partial charge on any atom is -0.311 e. The first-order chi connectivity index (χ1) is 8.69. The second kappa shape index (κ2) is 6.11. The normalized spacial score (nSPS) is 10.8. The van der Waals surface area contributed by atoms with E-state index in [-0.39, 0.29) is 5.82 Å². The Morgan fingerprint density at radius 3 is 2.94 bits per heavy atom. The molecule has 0 amide bonds. The van der Waals surface area contributed by atoms with Gasteiger partial charge in [-0.2, -0.15) is 5.10 Å². The molecule has 2 rings (SSSR count). The molecule has 0 bridgehead atoms. The third-order valence-corrected chi connectivity index (χ3v) is 3.07. The highest BCUT2D eigenvalue weighted by molar-refractivity contribution is 9.10. The van der Waals surface area contributed by atoms with Crippen LogP contribution in [-0.2, 0) is 13.1 Å². The quantitative estimate of drug-likeness (QED) is 0.920. The predicted octanol–water partition coefficient (Wildman–Crippen LogP) is 2.94. The average Bonchev–Trinajstić information content (AvgIpc) is 2.72. The van der Waals surface area contributed by atoms with E-state index in [1.807, 2.05) is 16.8 Å². The van der Waals surface area contributed by atoms with Crippen LogP contribution in [0.1, 0.15) is 18.2 Å². The number of halogens is 2. The first-order valence-electron chi connectivity index (χ1n) is 5.85. The monoisotopic (exact) mass is 311 g/mol. The Balaban J connectivity index is 2.15. The fraction of sp³-hybridized carbons (Fsp3) is 0.308. The summed E-state index contributed by atoms with van der Waals surface area (Å²) in [5, 5.41) is 7.52. The van der Waals surface area contributed by atoms with Gasteiger partial charge in [0.15, 0.2) is 0 Å². The van der Waals surface area contributed by atoms with Crippen molar-refractivity contribution >= 4 is 15.9 Å². The summed E-state index contributed by atoms with van der Waals surface area (Å²) >= 11 is 3.30. The molecule has 5 heteroatoms. The number of nitrogens with one attached hydrogen (secondary N) is 1. The third-order valence-electron chi connectivity index (χ3n) is 2.62. The van der Waals surface area contributed by atoms with Crippen LogP contribution in [0.15, 0.2) is 34.9 Å². The van der Waals surface area contributed by atoms with Crippen molar-refractivity contribution in [3.63, 3.8) is 0 Å². The Hall–Kier alpha value is -1.20. The van der Waals surface area contributed by atoms with E-state index < -0.39 is 0 Å². The Bertz CT molecular complexity index is 504. The zero-order chi connectivity index (χ0) is 13.0. The molecule has 0 saturated carbocycles. The molecular weight excluding hydrogens is 297 g/mol. The van der Waals surface area contributed by atoms with Crippen molar-refractivity contribution in [1.82, 2.24) is 15.1 Å². The summed E-state index contributed by atoms with van der Waals surface area (Å²) in [6.45, 7) is 4.32. The fourth-order valence-electron chi connectivity index (χ4n) is 1.78. The van der Waals surface area contributed by atoms with Crippen LogP contribution in [0.25, 0.3) is 0 Å². The summed E-state index contributed by atoms with van der Waals surface area (Å²) in [7, 11) is 0. The number of nitrogens with zero attached hydrogens (tertiary/aromatic N) is 2. The number of aromatic nitrogens is 2. The Morgan fingerprint density at radius 1 is 1.39 bits per heavy atom. The van der Waals surface area contributed by atoms with Gasteiger partial charge in [0.05, 0.1) is 12.2 Å². The van der Waals surface area contributed by atoms with Crippen LogP contribution in [0.4, 0.5) is 4.39 Å². The predicted molar refractivity (Wildman–Crippen MR) is 72.8 cm³/mol. The first-order valence-corrected chi connectivity index (χ1v) is 6.64. The average molecular weight is 312 g/mol. The van der Waals surface area contributed by atoms with Crippen LogP contribution in [0, 0.1) is 5.82 Å². The molecule has 1 aromatic heterocycles. The molecule has 0 aliphatic carbocycles. The van der Waals surface area contributed by atoms with E-state index in [0.717, 1.165) is 28.8 Å². The lowest BCUT2D eigenvalue weighted by Crippen LogP contribution is -2.16. The number of rotatable bonds is 5. The molecular formula is C13H15BrFN3. The van der Waals surface area contributed by atoms with Gasteiger partial charge in [-0.25, -0.2) is 4.39 Å². The van der Waals surface area contributed by atoms with Crippen molar-refractivity contribution < 1.29 is 4.39 Å². The van der Waals surface area contributed by atoms with Gasteiger partial charge in [0.1, 0.15) is 5.82 Å². The molecule has 1 aromatic carbocycles. The fourth-order valence-corrected chi connectivity index (χ4v) is 2.29. The molecule has 1 N–H and O–H groups in total. The zero-order valence-corrected chi connectivity index (χ0v) is 11.7. The van der Waals surface area contributed by atoms with Crippen molar-refractivity contribution in [2.24, 2.45) is 0 Å². The molecule has 0 fully saturated rings. The van der Waals surface area contributed by atoms with Crippen LogP contribution in [0.3, 0.4) is 0 Å². The standard InChI is InChI=1S/C13H15BrFN3/c1-2-16-8-13-3-4-17-18(13)9-10-5-11(14)7-12(15)6-10/h3-7,16H,2,8-9H2,1H3. The van der Waals surface area contributed by atoms with Crippen molar-refractivity contribution in [3.05, 3.63) is 52.0 Å². The highest BCUT2D eigenvalue weighted by Crippen LogP contribution is 2.16. The van der Waals surface area contributed by atoms with E-state index in [1.165, 1.54) is 12.1 Å². The van der Waals surface area contributed by atoms with Gasteiger partial charge in [0.25, 0.3) is 0 Å². The number of hydrogen-bond acceptors (Lipinski definition) is 2. The zero-order valence-electron chi connectivity index (χ0n) is 10.2. The maximum Gasteiger partial charge on any atom is 0.124 e. The van der Waals surface area contributed by atoms with Gasteiger partial charge < -0.3 is 5.32 Å². The maximum atomic E-state index is 13.3. The van der Waals surface area contributed by atoms with Gasteiger partial charge in [-0.15, -0.1) is 0 Å². The molecule has 0 unspecified atom stereocenters. The molecule has 18 heavy (non-hydrogen) atoms. The molecule has 0 aliphatic rings. The summed E-state index contributed by atoms with van der Waals surface area (Å²) in [6.07, 6.45) is 1.76. The molecule has 3 nitrogen and oxygen atoms in total. The largest absolute Gasteiger partial charge is 0.311 e. The van der Waals surface area contributed by atoms with Gasteiger partial charge >= 0.3 is 0 Å². The summed E-state index contributed by atoms with van der Waals surface area (Å²) in [5.41, 5.74) is 1.99. The van der Waals surface area contributed by atoms with E-state index >= 15 is 0 Å². The van der Waals surface area contributed by atoms with Crippen LogP contribution in [0.5, 0.6) is 0 Å². The third kappa shape index (κ3) is 3.40. The van der Waals surface area contributed by atoms with Crippen molar-refractivity contribution in [1.29, 1.82) is 0 Å². The molecule has 0 atom stereocenters. The summed E-state index contributed by atoms with van der Waals surface area (Å²) in [6, 6.07) is 6.86. The first kappa shape index (κ1) is 13.2. The Morgan fingerprint density at radius 2 is 2.22 bits per heavy atom. The minimum atomic E-state index is -0.236. The SMILES string of the molecule is CCNCc1ccnn1Cc1cc(F)cc(Br)c1. The van der Waals surface area contributed by atoms with Gasteiger partial charge in [-0.1, -0.05) is 22.9 Å². The summed E-state index contributed by atoms with van der Waals surface area (Å²) < 4.78 is 15.9. The topological polar surface area (TPSA) is 29.9 Å². The van der Waals surface area contributed by atoms with E-state index in [4.69, 9.17) is 0 Å². The van der Waals surface area contributed by atoms with Crippen molar-refractivity contribution in [2.75, 3.05) is 6.54 Å². The van der Waals surface area contributed by atoms with Crippen LogP contribution in [-0.4, -0.2) is 16.3 Å². The molecule has 0 spiro atoms. The molecule has 1 heterocycles. The molecule has 0 radical (unpaired) electrons. The molecule has 0 aliphatic heterocycles. The minimum absolute atomic E-state index is 0.236. The number of hydrogen-bond donors (Lipinski definition) is 1. The Kier molecular flexibility index (Phi) is 4.49. The lowest BCUT2D eigenvalue weighted by molar-refractivity contribution is 0.595. The van der Waals surface area contributed by atoms with Gasteiger partial charge in [0.2, 0.25) is 0 Å². The lowest BCUT2D eigenvalue weighted by atomic mass is 10.2. The lowest BCUT2D eigenvalue weighted by Gasteiger charge is -2.08. The van der Waals surface area contributed by atoms with Crippen LogP contribution in [0.2, 0.25) is 0 Å². The maximum absolute atomic E-state index is 13.3. The summed E-state index contributed by atoms with van der Waals surface area (Å²) in [5.74, 6) is -0.236. The van der Waals surface area contributed by atoms with Crippen molar-refractivity contribution in [3.8, 4) is 0 Å². The van der Waals surface area contributed by atoms with Crippen LogP contribution >= 0.6 is 15.9 Å². The van der Waals surface area contributed by atoms with E-state index in [1.54, 1.807) is 6.20 Å². The second-order valence-corrected chi connectivity index (χ2v) is 4.95. The highest BCUT2D eigenvalue weighted by atomic mass is 79.9. The van der Waals surface area contributed by atoms with E-state index in [9.17, 15) is 4.39 Å². The van der Waals surface area contributed by atoms with E-state index in [2.05, 4.69) is 33.3 Å². The number of benzene rings is 1. The second-order valence-electron chi connectivity index (χ2n) is 4.04. The van der Waals surface area contributed by atoms with E-state index in [0.29, 0.717) is 6.54 Å². The smallest absolute Gasteiger partial charge is 0.124 e. The van der Waals surface area contributed by atoms with Gasteiger partial charge in [-0.05, 0) is 36.4 Å². The van der Waals surface area contributed by atoms with Gasteiger partial charge in [-0.3, -0.25) is 4.68 Å². The van der Waals surface area contributed by atoms with Crippen molar-refractivity contribution in [2.45, 2.75) is 20.0 Å². The highest BCUT2D eigenvalue weighted by Gasteiger charge is 2.05. The molecule has 2 aromatic rings. The molecule has 96 valence electrons. The van der Waals surface area contributed by atoms with Crippen LogP contribution < -0.4 is 5.32 Å². The summed E-state index contributed by atoms with van der Waals surface area (Å²) in [4.78, 5) is 0. The van der Waals surface area contributed by atoms with Gasteiger partial charge in [0, 0.05) is 17.2 Å². The molecule has 0 saturated heterocycles. The Labute approximate surface area is 114 Å².